The molecule has 1 aromatic rings. The molecule has 0 aliphatic carbocycles. The van der Waals surface area contributed by atoms with Crippen molar-refractivity contribution >= 4 is 23.4 Å². The Morgan fingerprint density at radius 3 is 2.17 bits per heavy atom. The van der Waals surface area contributed by atoms with E-state index in [1.165, 1.54) is 6.07 Å². The van der Waals surface area contributed by atoms with Crippen molar-refractivity contribution in [1.82, 2.24) is 4.90 Å². The standard InChI is InChI=1S/C16H20ClF3N2O2/c1-15(2,3)24-14(23)22-8-6-21(7-9-22)13-5-4-11(10-12(13)17)16(18,19)20/h4-5,10H,6-9H2,1-3H3. The molecule has 1 aromatic carbocycles. The summed E-state index contributed by atoms with van der Waals surface area (Å²) in [6.07, 6.45) is -4.81. The molecule has 0 spiro atoms. The Kier molecular flexibility index (Phi) is 5.22. The lowest BCUT2D eigenvalue weighted by molar-refractivity contribution is -0.137. The van der Waals surface area contributed by atoms with Gasteiger partial charge in [0.05, 0.1) is 16.3 Å². The van der Waals surface area contributed by atoms with Gasteiger partial charge in [0.1, 0.15) is 5.60 Å². The van der Waals surface area contributed by atoms with E-state index in [-0.39, 0.29) is 11.1 Å². The van der Waals surface area contributed by atoms with Crippen molar-refractivity contribution in [1.29, 1.82) is 0 Å². The average Bonchev–Trinajstić information content (AvgIpc) is 2.44. The minimum atomic E-state index is -4.42. The molecule has 134 valence electrons. The summed E-state index contributed by atoms with van der Waals surface area (Å²) in [5, 5.41) is 0.0514. The van der Waals surface area contributed by atoms with E-state index >= 15 is 0 Å². The molecule has 1 amide bonds. The van der Waals surface area contributed by atoms with Gasteiger partial charge in [-0.05, 0) is 39.0 Å². The third-order valence-corrected chi connectivity index (χ3v) is 3.85. The van der Waals surface area contributed by atoms with Crippen molar-refractivity contribution in [3.05, 3.63) is 28.8 Å². The number of benzene rings is 1. The molecule has 1 saturated heterocycles. The fourth-order valence-electron chi connectivity index (χ4n) is 2.40. The van der Waals surface area contributed by atoms with Crippen molar-refractivity contribution < 1.29 is 22.7 Å². The fourth-order valence-corrected chi connectivity index (χ4v) is 2.70. The smallest absolute Gasteiger partial charge is 0.416 e. The number of nitrogens with zero attached hydrogens (tertiary/aromatic N) is 2. The van der Waals surface area contributed by atoms with Crippen LogP contribution in [0.25, 0.3) is 0 Å². The highest BCUT2D eigenvalue weighted by Crippen LogP contribution is 2.35. The van der Waals surface area contributed by atoms with Crippen LogP contribution in [0.1, 0.15) is 26.3 Å². The highest BCUT2D eigenvalue weighted by Gasteiger charge is 2.32. The van der Waals surface area contributed by atoms with E-state index in [4.69, 9.17) is 16.3 Å². The van der Waals surface area contributed by atoms with Crippen LogP contribution in [0.4, 0.5) is 23.7 Å². The predicted octanol–water partition coefficient (Wildman–Crippen LogP) is 4.42. The molecular weight excluding hydrogens is 345 g/mol. The summed E-state index contributed by atoms with van der Waals surface area (Å²) in [6.45, 7) is 7.18. The summed E-state index contributed by atoms with van der Waals surface area (Å²) in [4.78, 5) is 15.5. The minimum Gasteiger partial charge on any atom is -0.444 e. The normalized spacial score (nSPS) is 16.3. The molecular formula is C16H20ClF3N2O2. The van der Waals surface area contributed by atoms with Crippen LogP contribution in [-0.4, -0.2) is 42.8 Å². The number of carbonyl (C=O) groups is 1. The van der Waals surface area contributed by atoms with Crippen LogP contribution < -0.4 is 4.90 Å². The summed E-state index contributed by atoms with van der Waals surface area (Å²) in [7, 11) is 0. The van der Waals surface area contributed by atoms with E-state index < -0.39 is 17.3 Å². The van der Waals surface area contributed by atoms with Crippen LogP contribution >= 0.6 is 11.6 Å². The SMILES string of the molecule is CC(C)(C)OC(=O)N1CCN(c2ccc(C(F)(F)F)cc2Cl)CC1. The average molecular weight is 365 g/mol. The van der Waals surface area contributed by atoms with Crippen molar-refractivity contribution in [2.45, 2.75) is 32.5 Å². The lowest BCUT2D eigenvalue weighted by Crippen LogP contribution is -2.50. The molecule has 0 bridgehead atoms. The molecule has 1 aliphatic heterocycles. The van der Waals surface area contributed by atoms with Crippen LogP contribution in [0, 0.1) is 0 Å². The Balaban J connectivity index is 2.01. The van der Waals surface area contributed by atoms with Gasteiger partial charge in [-0.15, -0.1) is 0 Å². The Bertz CT molecular complexity index is 606. The molecule has 8 heteroatoms. The number of rotatable bonds is 1. The summed E-state index contributed by atoms with van der Waals surface area (Å²) in [5.74, 6) is 0. The first-order valence-electron chi connectivity index (χ1n) is 7.57. The van der Waals surface area contributed by atoms with Crippen LogP contribution in [0.3, 0.4) is 0 Å². The van der Waals surface area contributed by atoms with E-state index in [1.807, 2.05) is 4.90 Å². The van der Waals surface area contributed by atoms with Gasteiger partial charge in [-0.2, -0.15) is 13.2 Å². The van der Waals surface area contributed by atoms with E-state index in [2.05, 4.69) is 0 Å². The van der Waals surface area contributed by atoms with Crippen LogP contribution in [0.2, 0.25) is 5.02 Å². The van der Waals surface area contributed by atoms with Crippen molar-refractivity contribution in [2.75, 3.05) is 31.1 Å². The molecule has 1 fully saturated rings. The number of piperazine rings is 1. The minimum absolute atomic E-state index is 0.0514. The van der Waals surface area contributed by atoms with E-state index in [0.29, 0.717) is 31.9 Å². The quantitative estimate of drug-likeness (QED) is 0.739. The zero-order chi connectivity index (χ0) is 18.1. The van der Waals surface area contributed by atoms with Gasteiger partial charge >= 0.3 is 12.3 Å². The number of alkyl halides is 3. The van der Waals surface area contributed by atoms with Crippen LogP contribution in [0.15, 0.2) is 18.2 Å². The lowest BCUT2D eigenvalue weighted by atomic mass is 10.1. The van der Waals surface area contributed by atoms with E-state index in [9.17, 15) is 18.0 Å². The second-order valence-electron chi connectivity index (χ2n) is 6.62. The Hall–Kier alpha value is -1.63. The first-order chi connectivity index (χ1) is 11.0. The second-order valence-corrected chi connectivity index (χ2v) is 7.03. The van der Waals surface area contributed by atoms with Crippen molar-refractivity contribution in [3.63, 3.8) is 0 Å². The van der Waals surface area contributed by atoms with E-state index in [1.54, 1.807) is 25.7 Å². The number of carbonyl (C=O) groups excluding carboxylic acids is 1. The Labute approximate surface area is 144 Å². The summed E-state index contributed by atoms with van der Waals surface area (Å²) in [6, 6.07) is 3.31. The van der Waals surface area contributed by atoms with Gasteiger partial charge in [0.15, 0.2) is 0 Å². The van der Waals surface area contributed by atoms with Crippen LogP contribution in [0.5, 0.6) is 0 Å². The summed E-state index contributed by atoms with van der Waals surface area (Å²) < 4.78 is 43.4. The lowest BCUT2D eigenvalue weighted by Gasteiger charge is -2.37. The molecule has 0 saturated carbocycles. The van der Waals surface area contributed by atoms with Gasteiger partial charge in [-0.3, -0.25) is 0 Å². The molecule has 4 nitrogen and oxygen atoms in total. The van der Waals surface area contributed by atoms with Gasteiger partial charge in [-0.25, -0.2) is 4.79 Å². The topological polar surface area (TPSA) is 32.8 Å². The molecule has 0 aromatic heterocycles. The maximum Gasteiger partial charge on any atom is 0.416 e. The summed E-state index contributed by atoms with van der Waals surface area (Å²) >= 11 is 6.01. The fraction of sp³-hybridized carbons (Fsp3) is 0.562. The van der Waals surface area contributed by atoms with Gasteiger partial charge in [0.2, 0.25) is 0 Å². The molecule has 0 radical (unpaired) electrons. The maximum absolute atomic E-state index is 12.7. The monoisotopic (exact) mass is 364 g/mol. The highest BCUT2D eigenvalue weighted by atomic mass is 35.5. The molecule has 24 heavy (non-hydrogen) atoms. The number of hydrogen-bond donors (Lipinski definition) is 0. The zero-order valence-corrected chi connectivity index (χ0v) is 14.5. The van der Waals surface area contributed by atoms with Crippen LogP contribution in [-0.2, 0) is 10.9 Å². The molecule has 1 aliphatic rings. The number of anilines is 1. The van der Waals surface area contributed by atoms with Crippen molar-refractivity contribution in [3.8, 4) is 0 Å². The van der Waals surface area contributed by atoms with E-state index in [0.717, 1.165) is 12.1 Å². The number of amides is 1. The third kappa shape index (κ3) is 4.69. The number of ether oxygens (including phenoxy) is 1. The highest BCUT2D eigenvalue weighted by molar-refractivity contribution is 6.33. The number of hydrogen-bond acceptors (Lipinski definition) is 3. The maximum atomic E-state index is 12.7. The summed E-state index contributed by atoms with van der Waals surface area (Å²) in [5.41, 5.74) is -0.803. The molecule has 1 heterocycles. The number of halogens is 4. The zero-order valence-electron chi connectivity index (χ0n) is 13.8. The van der Waals surface area contributed by atoms with Crippen molar-refractivity contribution in [2.24, 2.45) is 0 Å². The first kappa shape index (κ1) is 18.7. The second kappa shape index (κ2) is 6.70. The molecule has 0 atom stereocenters. The van der Waals surface area contributed by atoms with Gasteiger partial charge in [0.25, 0.3) is 0 Å². The van der Waals surface area contributed by atoms with Gasteiger partial charge in [-0.1, -0.05) is 11.6 Å². The predicted molar refractivity (Wildman–Crippen MR) is 86.5 cm³/mol. The Morgan fingerprint density at radius 1 is 1.12 bits per heavy atom. The first-order valence-corrected chi connectivity index (χ1v) is 7.95. The molecule has 2 rings (SSSR count). The Morgan fingerprint density at radius 2 is 1.71 bits per heavy atom. The third-order valence-electron chi connectivity index (χ3n) is 3.55. The van der Waals surface area contributed by atoms with Gasteiger partial charge < -0.3 is 14.5 Å². The largest absolute Gasteiger partial charge is 0.444 e. The molecule has 0 N–H and O–H groups in total. The van der Waals surface area contributed by atoms with Gasteiger partial charge in [0, 0.05) is 26.2 Å². The molecule has 0 unspecified atom stereocenters.